The average molecular weight is 350 g/mol. The molecule has 7 heteroatoms. The second-order valence-electron chi connectivity index (χ2n) is 6.58. The normalized spacial score (nSPS) is 11.2. The number of hydrogen-bond acceptors (Lipinski definition) is 3. The van der Waals surface area contributed by atoms with E-state index in [0.29, 0.717) is 17.0 Å². The molecule has 0 fully saturated rings. The van der Waals surface area contributed by atoms with Gasteiger partial charge >= 0.3 is 6.09 Å². The summed E-state index contributed by atoms with van der Waals surface area (Å²) in [7, 11) is 0. The van der Waals surface area contributed by atoms with Crippen molar-refractivity contribution in [3.05, 3.63) is 53.6 Å². The molecule has 0 unspecified atom stereocenters. The van der Waals surface area contributed by atoms with Crippen LogP contribution in [0.15, 0.2) is 36.4 Å². The summed E-state index contributed by atoms with van der Waals surface area (Å²) in [6, 6.07) is 7.93. The number of nitrogens with zero attached hydrogens (tertiary/aromatic N) is 1. The molecule has 0 bridgehead atoms. The lowest BCUT2D eigenvalue weighted by Crippen LogP contribution is -2.44. The molecule has 0 aliphatic carbocycles. The number of carboxylic acid groups (broad SMARTS) is 1. The topological polar surface area (TPSA) is 75.8 Å². The summed E-state index contributed by atoms with van der Waals surface area (Å²) in [5.41, 5.74) is 6.28. The average Bonchev–Trinajstić information content (AvgIpc) is 2.49. The van der Waals surface area contributed by atoms with Crippen molar-refractivity contribution in [1.29, 1.82) is 0 Å². The second-order valence-corrected chi connectivity index (χ2v) is 6.58. The third-order valence-electron chi connectivity index (χ3n) is 3.61. The Morgan fingerprint density at radius 1 is 1.12 bits per heavy atom. The predicted octanol–water partition coefficient (Wildman–Crippen LogP) is 4.62. The van der Waals surface area contributed by atoms with Gasteiger partial charge in [-0.25, -0.2) is 13.6 Å². The molecule has 134 valence electrons. The lowest BCUT2D eigenvalue weighted by Gasteiger charge is -2.33. The first kappa shape index (κ1) is 18.5. The largest absolute Gasteiger partial charge is 0.465 e. The van der Waals surface area contributed by atoms with Crippen molar-refractivity contribution in [3.63, 3.8) is 0 Å². The van der Waals surface area contributed by atoms with Gasteiger partial charge in [0, 0.05) is 17.3 Å². The van der Waals surface area contributed by atoms with Gasteiger partial charge in [0.25, 0.3) is 0 Å². The van der Waals surface area contributed by atoms with Crippen LogP contribution in [0, 0.1) is 11.6 Å². The quantitative estimate of drug-likeness (QED) is 0.789. The molecule has 2 rings (SSSR count). The van der Waals surface area contributed by atoms with Crippen molar-refractivity contribution in [2.75, 3.05) is 5.73 Å². The molecule has 25 heavy (non-hydrogen) atoms. The minimum absolute atomic E-state index is 0.0691. The fourth-order valence-corrected chi connectivity index (χ4v) is 2.22. The molecule has 0 saturated heterocycles. The lowest BCUT2D eigenvalue weighted by molar-refractivity contribution is 0.0956. The van der Waals surface area contributed by atoms with Gasteiger partial charge < -0.3 is 15.6 Å². The molecule has 0 spiro atoms. The number of nitrogen functional groups attached to an aromatic ring is 1. The summed E-state index contributed by atoms with van der Waals surface area (Å²) in [5.74, 6) is -1.51. The van der Waals surface area contributed by atoms with Crippen LogP contribution in [0.3, 0.4) is 0 Å². The summed E-state index contributed by atoms with van der Waals surface area (Å²) in [6.07, 6.45) is -1.07. The van der Waals surface area contributed by atoms with Crippen molar-refractivity contribution in [1.82, 2.24) is 4.90 Å². The van der Waals surface area contributed by atoms with Gasteiger partial charge in [-0.15, -0.1) is 0 Å². The van der Waals surface area contributed by atoms with Gasteiger partial charge in [-0.1, -0.05) is 0 Å². The first-order valence-electron chi connectivity index (χ1n) is 7.60. The van der Waals surface area contributed by atoms with Crippen LogP contribution in [0.25, 0.3) is 0 Å². The molecule has 3 N–H and O–H groups in total. The number of amides is 1. The number of ether oxygens (including phenoxy) is 1. The molecule has 0 saturated carbocycles. The van der Waals surface area contributed by atoms with Crippen molar-refractivity contribution in [2.45, 2.75) is 32.9 Å². The van der Waals surface area contributed by atoms with E-state index in [9.17, 15) is 18.7 Å². The van der Waals surface area contributed by atoms with Crippen molar-refractivity contribution < 1.29 is 23.4 Å². The number of rotatable bonds is 4. The summed E-state index contributed by atoms with van der Waals surface area (Å²) in [5, 5.41) is 9.40. The summed E-state index contributed by atoms with van der Waals surface area (Å²) >= 11 is 0. The Kier molecular flexibility index (Phi) is 5.15. The lowest BCUT2D eigenvalue weighted by atomic mass is 10.0. The van der Waals surface area contributed by atoms with Gasteiger partial charge in [0.1, 0.15) is 11.5 Å². The molecule has 2 aromatic carbocycles. The van der Waals surface area contributed by atoms with Crippen LogP contribution in [0.4, 0.5) is 19.3 Å². The Hall–Kier alpha value is -2.83. The van der Waals surface area contributed by atoms with Crippen LogP contribution in [0.2, 0.25) is 0 Å². The van der Waals surface area contributed by atoms with Crippen LogP contribution in [-0.2, 0) is 6.54 Å². The Morgan fingerprint density at radius 3 is 2.28 bits per heavy atom. The molecule has 0 aromatic heterocycles. The SMILES string of the molecule is CC(C)(C)N(Cc1cc(Oc2ccc(F)c(F)c2)ccc1N)C(=O)O. The highest BCUT2D eigenvalue weighted by atomic mass is 19.2. The van der Waals surface area contributed by atoms with Crippen molar-refractivity contribution >= 4 is 11.8 Å². The molecule has 0 radical (unpaired) electrons. The predicted molar refractivity (Wildman–Crippen MR) is 90.6 cm³/mol. The summed E-state index contributed by atoms with van der Waals surface area (Å²) in [4.78, 5) is 12.7. The first-order chi connectivity index (χ1) is 11.6. The van der Waals surface area contributed by atoms with Crippen LogP contribution in [-0.4, -0.2) is 21.6 Å². The third-order valence-corrected chi connectivity index (χ3v) is 3.61. The molecular weight excluding hydrogens is 330 g/mol. The van der Waals surface area contributed by atoms with E-state index in [1.807, 2.05) is 0 Å². The second kappa shape index (κ2) is 6.96. The molecule has 0 aliphatic rings. The number of halogens is 2. The van der Waals surface area contributed by atoms with E-state index < -0.39 is 23.3 Å². The maximum atomic E-state index is 13.3. The van der Waals surface area contributed by atoms with Crippen molar-refractivity contribution in [3.8, 4) is 11.5 Å². The van der Waals surface area contributed by atoms with Gasteiger partial charge in [0.05, 0.1) is 6.54 Å². The van der Waals surface area contributed by atoms with Gasteiger partial charge in [-0.05, 0) is 56.7 Å². The van der Waals surface area contributed by atoms with Gasteiger partial charge in [0.2, 0.25) is 0 Å². The van der Waals surface area contributed by atoms with Gasteiger partial charge in [-0.3, -0.25) is 4.90 Å². The number of hydrogen-bond donors (Lipinski definition) is 2. The van der Waals surface area contributed by atoms with Crippen LogP contribution in [0.5, 0.6) is 11.5 Å². The standard InChI is InChI=1S/C18H20F2N2O3/c1-18(2,3)22(17(23)24)10-11-8-12(5-7-16(11)21)25-13-4-6-14(19)15(20)9-13/h4-9H,10,21H2,1-3H3,(H,23,24). The number of benzene rings is 2. The summed E-state index contributed by atoms with van der Waals surface area (Å²) in [6.45, 7) is 5.40. The smallest absolute Gasteiger partial charge is 0.408 e. The van der Waals surface area contributed by atoms with E-state index in [1.54, 1.807) is 39.0 Å². The molecule has 2 aromatic rings. The van der Waals surface area contributed by atoms with Crippen LogP contribution in [0.1, 0.15) is 26.3 Å². The van der Waals surface area contributed by atoms with E-state index in [4.69, 9.17) is 10.5 Å². The van der Waals surface area contributed by atoms with E-state index in [2.05, 4.69) is 0 Å². The highest BCUT2D eigenvalue weighted by Crippen LogP contribution is 2.28. The Labute approximate surface area is 144 Å². The maximum absolute atomic E-state index is 13.3. The zero-order valence-electron chi connectivity index (χ0n) is 14.2. The minimum Gasteiger partial charge on any atom is -0.465 e. The van der Waals surface area contributed by atoms with E-state index in [-0.39, 0.29) is 12.3 Å². The zero-order chi connectivity index (χ0) is 18.8. The summed E-state index contributed by atoms with van der Waals surface area (Å²) < 4.78 is 31.8. The fourth-order valence-electron chi connectivity index (χ4n) is 2.22. The fraction of sp³-hybridized carbons (Fsp3) is 0.278. The number of anilines is 1. The minimum atomic E-state index is -1.07. The number of carbonyl (C=O) groups is 1. The zero-order valence-corrected chi connectivity index (χ0v) is 14.2. The Bertz CT molecular complexity index is 788. The van der Waals surface area contributed by atoms with E-state index >= 15 is 0 Å². The molecule has 0 aliphatic heterocycles. The molecule has 1 amide bonds. The van der Waals surface area contributed by atoms with Crippen LogP contribution >= 0.6 is 0 Å². The monoisotopic (exact) mass is 350 g/mol. The Balaban J connectivity index is 2.27. The molecule has 5 nitrogen and oxygen atoms in total. The first-order valence-corrected chi connectivity index (χ1v) is 7.60. The van der Waals surface area contributed by atoms with E-state index in [0.717, 1.165) is 12.1 Å². The van der Waals surface area contributed by atoms with Gasteiger partial charge in [-0.2, -0.15) is 0 Å². The van der Waals surface area contributed by atoms with Crippen molar-refractivity contribution in [2.24, 2.45) is 0 Å². The molecular formula is C18H20F2N2O3. The molecule has 0 atom stereocenters. The van der Waals surface area contributed by atoms with E-state index in [1.165, 1.54) is 11.0 Å². The maximum Gasteiger partial charge on any atom is 0.408 e. The third kappa shape index (κ3) is 4.59. The van der Waals surface area contributed by atoms with Crippen LogP contribution < -0.4 is 10.5 Å². The Morgan fingerprint density at radius 2 is 1.72 bits per heavy atom. The molecule has 0 heterocycles. The highest BCUT2D eigenvalue weighted by molar-refractivity contribution is 5.66. The number of nitrogens with two attached hydrogens (primary N) is 1. The van der Waals surface area contributed by atoms with Gasteiger partial charge in [0.15, 0.2) is 11.6 Å². The highest BCUT2D eigenvalue weighted by Gasteiger charge is 2.26.